The molecule has 0 saturated carbocycles. The molecule has 2 rings (SSSR count). The highest BCUT2D eigenvalue weighted by Gasteiger charge is 2.14. The predicted octanol–water partition coefficient (Wildman–Crippen LogP) is 2.86. The number of hydrogen-bond donors (Lipinski definition) is 0. The highest BCUT2D eigenvalue weighted by molar-refractivity contribution is 9.10. The normalized spacial score (nSPS) is 10.1. The highest BCUT2D eigenvalue weighted by Crippen LogP contribution is 2.22. The Morgan fingerprint density at radius 3 is 2.75 bits per heavy atom. The molecule has 0 saturated heterocycles. The summed E-state index contributed by atoms with van der Waals surface area (Å²) in [6, 6.07) is 5.62. The second kappa shape index (κ2) is 4.24. The van der Waals surface area contributed by atoms with Crippen LogP contribution in [0.2, 0.25) is 5.15 Å². The fourth-order valence-electron chi connectivity index (χ4n) is 1.27. The molecule has 0 unspecified atom stereocenters. The van der Waals surface area contributed by atoms with Crippen LogP contribution in [0, 0.1) is 18.3 Å². The second-order valence-electron chi connectivity index (χ2n) is 3.11. The molecule has 16 heavy (non-hydrogen) atoms. The lowest BCUT2D eigenvalue weighted by molar-refractivity contribution is 0.832. The first kappa shape index (κ1) is 11.1. The van der Waals surface area contributed by atoms with Crippen molar-refractivity contribution in [1.29, 1.82) is 5.26 Å². The van der Waals surface area contributed by atoms with Gasteiger partial charge in [-0.05, 0) is 35.0 Å². The summed E-state index contributed by atoms with van der Waals surface area (Å²) in [5.74, 6) is 0.581. The van der Waals surface area contributed by atoms with E-state index in [9.17, 15) is 0 Å². The van der Waals surface area contributed by atoms with Crippen LogP contribution in [-0.2, 0) is 0 Å². The van der Waals surface area contributed by atoms with Crippen LogP contribution in [0.15, 0.2) is 22.8 Å². The molecule has 0 aliphatic carbocycles. The summed E-state index contributed by atoms with van der Waals surface area (Å²) in [5, 5.41) is 13.3. The molecule has 0 aromatic carbocycles. The lowest BCUT2D eigenvalue weighted by Crippen LogP contribution is -1.99. The molecule has 0 fully saturated rings. The van der Waals surface area contributed by atoms with Gasteiger partial charge in [0.2, 0.25) is 0 Å². The number of hydrogen-bond acceptors (Lipinski definition) is 3. The molecule has 80 valence electrons. The standard InChI is InChI=1S/C10H6BrClN4/c1-6-8(4-13)10(12)16(15-6)9-3-2-7(11)5-14-9/h2-3,5H,1H3. The summed E-state index contributed by atoms with van der Waals surface area (Å²) < 4.78 is 2.32. The van der Waals surface area contributed by atoms with E-state index in [0.717, 1.165) is 4.47 Å². The van der Waals surface area contributed by atoms with Crippen molar-refractivity contribution in [2.24, 2.45) is 0 Å². The van der Waals surface area contributed by atoms with Gasteiger partial charge in [0.05, 0.1) is 5.69 Å². The van der Waals surface area contributed by atoms with Crippen molar-refractivity contribution < 1.29 is 0 Å². The average molecular weight is 298 g/mol. The summed E-state index contributed by atoms with van der Waals surface area (Å²) in [5.41, 5.74) is 0.976. The fraction of sp³-hybridized carbons (Fsp3) is 0.100. The fourth-order valence-corrected chi connectivity index (χ4v) is 1.81. The van der Waals surface area contributed by atoms with Gasteiger partial charge >= 0.3 is 0 Å². The number of pyridine rings is 1. The molecule has 2 aromatic rings. The first-order chi connectivity index (χ1) is 7.63. The van der Waals surface area contributed by atoms with Crippen LogP contribution in [0.25, 0.3) is 5.82 Å². The van der Waals surface area contributed by atoms with Crippen LogP contribution in [0.4, 0.5) is 0 Å². The molecule has 0 atom stereocenters. The smallest absolute Gasteiger partial charge is 0.155 e. The van der Waals surface area contributed by atoms with Crippen LogP contribution >= 0.6 is 27.5 Å². The number of nitriles is 1. The van der Waals surface area contributed by atoms with Crippen molar-refractivity contribution >= 4 is 27.5 Å². The van der Waals surface area contributed by atoms with Gasteiger partial charge in [0.15, 0.2) is 11.0 Å². The van der Waals surface area contributed by atoms with Gasteiger partial charge in [0, 0.05) is 10.7 Å². The molecular weight excluding hydrogens is 291 g/mol. The summed E-state index contributed by atoms with van der Waals surface area (Å²) in [6.45, 7) is 1.74. The lowest BCUT2D eigenvalue weighted by atomic mass is 10.3. The highest BCUT2D eigenvalue weighted by atomic mass is 79.9. The molecule has 2 aromatic heterocycles. The van der Waals surface area contributed by atoms with Gasteiger partial charge in [-0.25, -0.2) is 9.67 Å². The zero-order chi connectivity index (χ0) is 11.7. The zero-order valence-corrected chi connectivity index (χ0v) is 10.6. The number of aromatic nitrogens is 3. The van der Waals surface area contributed by atoms with Crippen LogP contribution in [0.3, 0.4) is 0 Å². The number of rotatable bonds is 1. The van der Waals surface area contributed by atoms with E-state index < -0.39 is 0 Å². The maximum absolute atomic E-state index is 8.89. The molecule has 0 amide bonds. The molecule has 0 radical (unpaired) electrons. The third-order valence-electron chi connectivity index (χ3n) is 2.04. The topological polar surface area (TPSA) is 54.5 Å². The van der Waals surface area contributed by atoms with Gasteiger partial charge < -0.3 is 0 Å². The summed E-state index contributed by atoms with van der Waals surface area (Å²) in [6.07, 6.45) is 1.65. The Balaban J connectivity index is 2.58. The number of nitrogens with zero attached hydrogens (tertiary/aromatic N) is 4. The Morgan fingerprint density at radius 1 is 1.50 bits per heavy atom. The van der Waals surface area contributed by atoms with Gasteiger partial charge in [-0.1, -0.05) is 11.6 Å². The minimum atomic E-state index is 0.287. The van der Waals surface area contributed by atoms with E-state index in [4.69, 9.17) is 16.9 Å². The van der Waals surface area contributed by atoms with Crippen molar-refractivity contribution in [2.45, 2.75) is 6.92 Å². The Hall–Kier alpha value is -1.38. The second-order valence-corrected chi connectivity index (χ2v) is 4.38. The number of aryl methyl sites for hydroxylation is 1. The van der Waals surface area contributed by atoms with Crippen LogP contribution in [-0.4, -0.2) is 14.8 Å². The molecule has 0 aliphatic heterocycles. The van der Waals surface area contributed by atoms with E-state index in [1.807, 2.05) is 12.1 Å². The summed E-state index contributed by atoms with van der Waals surface area (Å²) >= 11 is 9.32. The third kappa shape index (κ3) is 1.82. The van der Waals surface area contributed by atoms with Crippen molar-refractivity contribution in [1.82, 2.24) is 14.8 Å². The van der Waals surface area contributed by atoms with E-state index in [1.54, 1.807) is 19.2 Å². The molecule has 2 heterocycles. The van der Waals surface area contributed by atoms with E-state index in [2.05, 4.69) is 26.0 Å². The summed E-state index contributed by atoms with van der Waals surface area (Å²) in [7, 11) is 0. The van der Waals surface area contributed by atoms with Crippen molar-refractivity contribution in [3.63, 3.8) is 0 Å². The van der Waals surface area contributed by atoms with Gasteiger partial charge in [-0.3, -0.25) is 0 Å². The predicted molar refractivity (Wildman–Crippen MR) is 63.5 cm³/mol. The minimum absolute atomic E-state index is 0.287. The van der Waals surface area contributed by atoms with Crippen molar-refractivity contribution in [2.75, 3.05) is 0 Å². The van der Waals surface area contributed by atoms with Crippen molar-refractivity contribution in [3.8, 4) is 11.9 Å². The molecule has 0 spiro atoms. The quantitative estimate of drug-likeness (QED) is 0.813. The van der Waals surface area contributed by atoms with Crippen LogP contribution < -0.4 is 0 Å². The SMILES string of the molecule is Cc1nn(-c2ccc(Br)cn2)c(Cl)c1C#N. The van der Waals surface area contributed by atoms with Gasteiger partial charge in [-0.15, -0.1) is 0 Å². The van der Waals surface area contributed by atoms with Crippen molar-refractivity contribution in [3.05, 3.63) is 39.2 Å². The molecular formula is C10H6BrClN4. The van der Waals surface area contributed by atoms with Gasteiger partial charge in [0.25, 0.3) is 0 Å². The van der Waals surface area contributed by atoms with Gasteiger partial charge in [0.1, 0.15) is 11.6 Å². The molecule has 0 aliphatic rings. The molecule has 6 heteroatoms. The van der Waals surface area contributed by atoms with E-state index >= 15 is 0 Å². The van der Waals surface area contributed by atoms with E-state index in [-0.39, 0.29) is 5.15 Å². The average Bonchev–Trinajstić information content (AvgIpc) is 2.55. The Bertz CT molecular complexity index is 568. The lowest BCUT2D eigenvalue weighted by Gasteiger charge is -2.01. The minimum Gasteiger partial charge on any atom is -0.236 e. The number of halogens is 2. The monoisotopic (exact) mass is 296 g/mol. The van der Waals surface area contributed by atoms with Crippen LogP contribution in [0.1, 0.15) is 11.3 Å². The molecule has 4 nitrogen and oxygen atoms in total. The maximum atomic E-state index is 8.89. The summed E-state index contributed by atoms with van der Waals surface area (Å²) in [4.78, 5) is 4.16. The maximum Gasteiger partial charge on any atom is 0.155 e. The molecule has 0 bridgehead atoms. The van der Waals surface area contributed by atoms with Gasteiger partial charge in [-0.2, -0.15) is 10.4 Å². The van der Waals surface area contributed by atoms with E-state index in [0.29, 0.717) is 17.1 Å². The zero-order valence-electron chi connectivity index (χ0n) is 8.28. The Morgan fingerprint density at radius 2 is 2.25 bits per heavy atom. The molecule has 0 N–H and O–H groups in total. The third-order valence-corrected chi connectivity index (χ3v) is 2.86. The Labute approximate surface area is 106 Å². The largest absolute Gasteiger partial charge is 0.236 e. The van der Waals surface area contributed by atoms with E-state index in [1.165, 1.54) is 4.68 Å². The first-order valence-corrected chi connectivity index (χ1v) is 5.57. The Kier molecular flexibility index (Phi) is 2.95. The first-order valence-electron chi connectivity index (χ1n) is 4.40. The van der Waals surface area contributed by atoms with Crippen LogP contribution in [0.5, 0.6) is 0 Å².